The number of nitrogens with two attached hydrogens (primary N) is 3. The van der Waals surface area contributed by atoms with Gasteiger partial charge in [-0.3, -0.25) is 60.7 Å². The molecule has 8 aromatic heterocycles. The second-order valence-corrected chi connectivity index (χ2v) is 30.6. The molecule has 4 saturated heterocycles. The number of nitrogens with zero attached hydrogens (tertiary/aromatic N) is 13. The number of nitrogen functional groups attached to an aromatic ring is 3. The number of hydrogen-bond acceptors (Lipinski definition) is 38. The molecule has 12 rings (SSSR count). The Balaban J connectivity index is 0.740. The molecule has 0 aliphatic carbocycles. The zero-order valence-electron chi connectivity index (χ0n) is 49.7. The molecule has 0 amide bonds. The number of H-pyrrole nitrogens is 3. The lowest BCUT2D eigenvalue weighted by Gasteiger charge is -2.35. The molecule has 49 nitrogen and oxygen atoms in total. The standard InChI is InChI=1S/C43H56N19O30P5S/c1-13-52-32-19(35(68)53-13)50-10-60(32)38-24(65)22(63)14(85-38)4-81-93(71,72)89-27-16(87-40(26(27)67)61-11-51-20-33(61)54-42(45)56-36(20)69)7-84-97(79,98)90-28-17(88-41(29(28)80-3)59-9-49-18-30(44)47-8-48-31(18)59)6-83-95(75,76)92-96(77,78)91-94(73,74)82-5-15-23(64)25(66)39(86-15)62-12-58(2)21-34(62)55-43(46)57-37(21)70/h8-12,14-17,22-29,38-41,63-67H,4-7H2,1-3H3,(H13-,44,45,46,47,48,52,53,54,55,56,57,68,69,70,71,72,73,74,75,76,77,78,79,98). The fourth-order valence-corrected chi connectivity index (χ4v) is 17.0. The first kappa shape index (κ1) is 71.5. The molecule has 534 valence electrons. The molecule has 0 saturated carbocycles. The number of aromatic nitrogens is 16. The van der Waals surface area contributed by atoms with Gasteiger partial charge in [-0.15, -0.1) is 0 Å². The highest BCUT2D eigenvalue weighted by atomic mass is 32.5. The number of imidazole rings is 4. The van der Waals surface area contributed by atoms with Gasteiger partial charge >= 0.3 is 36.9 Å². The van der Waals surface area contributed by atoms with Gasteiger partial charge in [-0.2, -0.15) is 13.6 Å². The minimum Gasteiger partial charge on any atom is -0.780 e. The quantitative estimate of drug-likeness (QED) is 0.0187. The van der Waals surface area contributed by atoms with Gasteiger partial charge in [0.1, 0.15) is 97.6 Å². The van der Waals surface area contributed by atoms with Crippen LogP contribution in [-0.4, -0.2) is 225 Å². The van der Waals surface area contributed by atoms with Crippen LogP contribution in [0.25, 0.3) is 44.7 Å². The molecule has 4 aliphatic heterocycles. The van der Waals surface area contributed by atoms with Crippen molar-refractivity contribution in [1.82, 2.24) is 73.1 Å². The van der Waals surface area contributed by atoms with Crippen LogP contribution in [0.3, 0.4) is 0 Å². The molecule has 0 aromatic carbocycles. The van der Waals surface area contributed by atoms with Gasteiger partial charge in [0, 0.05) is 7.11 Å². The normalized spacial score (nSPS) is 30.7. The first-order valence-corrected chi connectivity index (χ1v) is 36.5. The summed E-state index contributed by atoms with van der Waals surface area (Å²) in [6.07, 6.45) is -23.3. The summed E-state index contributed by atoms with van der Waals surface area (Å²) >= 11 is 5.31. The molecular formula is C43H56N19O30P5S. The molecule has 0 radical (unpaired) electrons. The Morgan fingerprint density at radius 1 is 0.582 bits per heavy atom. The largest absolute Gasteiger partial charge is 0.780 e. The highest BCUT2D eigenvalue weighted by Crippen LogP contribution is 2.68. The van der Waals surface area contributed by atoms with Gasteiger partial charge in [0.05, 0.1) is 52.5 Å². The van der Waals surface area contributed by atoms with E-state index in [0.29, 0.717) is 0 Å². The van der Waals surface area contributed by atoms with Crippen molar-refractivity contribution < 1.29 is 132 Å². The van der Waals surface area contributed by atoms with Crippen LogP contribution < -0.4 is 43.3 Å². The average Bonchev–Trinajstić information content (AvgIpc) is 1.62. The van der Waals surface area contributed by atoms with Gasteiger partial charge in [0.15, 0.2) is 58.8 Å². The van der Waals surface area contributed by atoms with E-state index in [1.807, 2.05) is 0 Å². The van der Waals surface area contributed by atoms with Crippen molar-refractivity contribution in [2.45, 2.75) is 105 Å². The van der Waals surface area contributed by atoms with E-state index in [-0.39, 0.29) is 62.2 Å². The van der Waals surface area contributed by atoms with Crippen LogP contribution in [0.2, 0.25) is 0 Å². The second-order valence-electron chi connectivity index (χ2n) is 21.8. The molecule has 0 bridgehead atoms. The zero-order valence-corrected chi connectivity index (χ0v) is 55.0. The van der Waals surface area contributed by atoms with Gasteiger partial charge in [-0.25, -0.2) is 52.7 Å². The van der Waals surface area contributed by atoms with Crippen LogP contribution in [0.5, 0.6) is 0 Å². The van der Waals surface area contributed by atoms with Gasteiger partial charge < -0.3 is 105 Å². The highest BCUT2D eigenvalue weighted by molar-refractivity contribution is 8.06. The Morgan fingerprint density at radius 2 is 1.09 bits per heavy atom. The molecule has 0 spiro atoms. The Kier molecular flexibility index (Phi) is 19.6. The Hall–Kier alpha value is -6.35. The number of hydrogen-bond donors (Lipinski definition) is 15. The number of phosphoric ester groups is 3. The monoisotopic (exact) mass is 1510 g/mol. The number of ether oxygens (including phenoxy) is 5. The van der Waals surface area contributed by atoms with E-state index in [9.17, 15) is 82.6 Å². The van der Waals surface area contributed by atoms with Crippen molar-refractivity contribution in [2.24, 2.45) is 7.05 Å². The van der Waals surface area contributed by atoms with Crippen molar-refractivity contribution >= 4 is 112 Å². The van der Waals surface area contributed by atoms with Crippen molar-refractivity contribution in [3.05, 3.63) is 68.5 Å². The molecule has 21 unspecified atom stereocenters. The van der Waals surface area contributed by atoms with E-state index in [1.165, 1.54) is 29.4 Å². The summed E-state index contributed by atoms with van der Waals surface area (Å²) in [4.78, 5) is 135. The maximum atomic E-state index is 14.6. The lowest BCUT2D eigenvalue weighted by Crippen LogP contribution is -2.46. The molecule has 8 aromatic rings. The first-order valence-electron chi connectivity index (χ1n) is 27.9. The predicted molar refractivity (Wildman–Crippen MR) is 317 cm³/mol. The minimum atomic E-state index is -6.30. The Bertz CT molecular complexity index is 4830. The topological polar surface area (TPSA) is 697 Å². The van der Waals surface area contributed by atoms with E-state index in [1.54, 1.807) is 0 Å². The lowest BCUT2D eigenvalue weighted by molar-refractivity contribution is -0.745. The molecular weight excluding hydrogens is 1450 g/mol. The summed E-state index contributed by atoms with van der Waals surface area (Å²) in [5.41, 5.74) is 14.2. The summed E-state index contributed by atoms with van der Waals surface area (Å²) < 4.78 is 129. The molecule has 21 atom stereocenters. The van der Waals surface area contributed by atoms with Crippen molar-refractivity contribution in [3.63, 3.8) is 0 Å². The van der Waals surface area contributed by atoms with Crippen LogP contribution in [0.1, 0.15) is 30.7 Å². The van der Waals surface area contributed by atoms with Gasteiger partial charge in [0.2, 0.25) is 17.7 Å². The number of aliphatic hydroxyl groups excluding tert-OH is 5. The fraction of sp³-hybridized carbons (Fsp3) is 0.535. The van der Waals surface area contributed by atoms with E-state index in [4.69, 9.17) is 79.8 Å². The number of rotatable bonds is 25. The second kappa shape index (κ2) is 26.9. The minimum absolute atomic E-state index is 0.00109. The third-order valence-electron chi connectivity index (χ3n) is 15.3. The van der Waals surface area contributed by atoms with Gasteiger partial charge in [0.25, 0.3) is 22.6 Å². The SMILES string of the molecule is COC1C(OP([O-])(=S)OCC2OC(n3cnc4c(=O)[nH]c(N)nc43)C(O)C2OP(=O)(O)OCC2OC(n3cnc4c(=O)[nH]c(C)nc43)C(O)C2O)C(COP(=O)(O)OP(=O)(O)OP(=O)(O)OCC2OC([n+]3cn(C)c4c(=O)[nH]c(N)nc43)C(O)C2O)OC1n1cnc2c(N)ncnc21. The first-order chi connectivity index (χ1) is 46.0. The molecule has 98 heavy (non-hydrogen) atoms. The van der Waals surface area contributed by atoms with Crippen LogP contribution in [0.15, 0.2) is 46.0 Å². The number of methoxy groups -OCH3 is 1. The van der Waals surface area contributed by atoms with E-state index < -0.39 is 185 Å². The number of phosphoric acid groups is 4. The van der Waals surface area contributed by atoms with Crippen LogP contribution in [0, 0.1) is 6.92 Å². The molecule has 12 heterocycles. The number of aryl methyl sites for hydroxylation is 2. The molecule has 55 heteroatoms. The smallest absolute Gasteiger partial charge is 0.490 e. The molecule has 4 aliphatic rings. The van der Waals surface area contributed by atoms with Crippen molar-refractivity contribution in [2.75, 3.05) is 50.7 Å². The van der Waals surface area contributed by atoms with E-state index >= 15 is 0 Å². The van der Waals surface area contributed by atoms with Crippen molar-refractivity contribution in [1.29, 1.82) is 0 Å². The highest BCUT2D eigenvalue weighted by Gasteiger charge is 2.55. The number of aliphatic hydroxyl groups is 5. The Labute approximate surface area is 547 Å². The van der Waals surface area contributed by atoms with Crippen molar-refractivity contribution in [3.8, 4) is 0 Å². The number of aromatic amines is 3. The van der Waals surface area contributed by atoms with Crippen LogP contribution in [0.4, 0.5) is 17.7 Å². The van der Waals surface area contributed by atoms with E-state index in [0.717, 1.165) is 46.1 Å². The fourth-order valence-electron chi connectivity index (χ4n) is 11.1. The lowest BCUT2D eigenvalue weighted by atomic mass is 10.1. The summed E-state index contributed by atoms with van der Waals surface area (Å²) in [7, 11) is -21.4. The average molecular weight is 1510 g/mol. The maximum absolute atomic E-state index is 14.6. The number of nitrogens with one attached hydrogen (secondary N) is 3. The summed E-state index contributed by atoms with van der Waals surface area (Å²) in [6.45, 7) is -8.43. The number of fused-ring (bicyclic) bond motifs is 4. The third-order valence-corrected chi connectivity index (χ3v) is 22.1. The van der Waals surface area contributed by atoms with Crippen LogP contribution in [-0.2, 0) is 96.6 Å². The summed E-state index contributed by atoms with van der Waals surface area (Å²) in [6, 6.07) is 0. The van der Waals surface area contributed by atoms with E-state index in [2.05, 4.69) is 63.4 Å². The molecule has 18 N–H and O–H groups in total. The predicted octanol–water partition coefficient (Wildman–Crippen LogP) is -6.02. The maximum Gasteiger partial charge on any atom is 0.490 e. The van der Waals surface area contributed by atoms with Crippen LogP contribution >= 0.6 is 38.0 Å². The number of anilines is 3. The Morgan fingerprint density at radius 3 is 1.74 bits per heavy atom. The summed E-state index contributed by atoms with van der Waals surface area (Å²) in [5.74, 6) is -0.744. The van der Waals surface area contributed by atoms with Gasteiger partial charge in [-0.1, -0.05) is 16.8 Å². The third kappa shape index (κ3) is 14.2. The van der Waals surface area contributed by atoms with Gasteiger partial charge in [-0.05, 0) is 6.92 Å². The zero-order chi connectivity index (χ0) is 70.6. The molecule has 4 fully saturated rings. The summed E-state index contributed by atoms with van der Waals surface area (Å²) in [5, 5.41) is 55.6.